The van der Waals surface area contributed by atoms with Crippen LogP contribution in [0.5, 0.6) is 17.2 Å². The first-order valence-corrected chi connectivity index (χ1v) is 17.7. The van der Waals surface area contributed by atoms with Gasteiger partial charge in [-0.15, -0.1) is 11.3 Å². The lowest BCUT2D eigenvalue weighted by Gasteiger charge is -2.41. The summed E-state index contributed by atoms with van der Waals surface area (Å²) in [5, 5.41) is 11.9. The van der Waals surface area contributed by atoms with Crippen LogP contribution in [0.3, 0.4) is 0 Å². The van der Waals surface area contributed by atoms with Gasteiger partial charge in [-0.05, 0) is 137 Å². The van der Waals surface area contributed by atoms with Gasteiger partial charge in [0, 0.05) is 22.8 Å². The van der Waals surface area contributed by atoms with E-state index in [9.17, 15) is 5.11 Å². The van der Waals surface area contributed by atoms with Crippen molar-refractivity contribution < 1.29 is 14.6 Å². The zero-order valence-corrected chi connectivity index (χ0v) is 26.7. The van der Waals surface area contributed by atoms with Crippen LogP contribution in [0.4, 0.5) is 0 Å². The fourth-order valence-electron chi connectivity index (χ4n) is 7.51. The minimum Gasteiger partial charge on any atom is -0.506 e. The molecule has 7 rings (SSSR count). The number of piperidine rings is 1. The van der Waals surface area contributed by atoms with E-state index in [-0.39, 0.29) is 6.10 Å². The Morgan fingerprint density at radius 1 is 0.750 bits per heavy atom. The van der Waals surface area contributed by atoms with Crippen LogP contribution < -0.4 is 9.47 Å². The summed E-state index contributed by atoms with van der Waals surface area (Å²) in [4.78, 5) is 6.39. The standard InChI is InChI=1S/C38H46N2O3S/c41-35-11-8-9-32-33(37(44-38(32)35)29-15-19-30(20-16-29)42-26-25-39-21-6-7-22-39)27-28-13-17-31(18-14-28)43-36-12-3-2-10-34(36)40-23-4-1-5-24-40/h8-9,11,13-20,34,36,41H,1-7,10,12,21-27H2. The zero-order valence-electron chi connectivity index (χ0n) is 25.9. The van der Waals surface area contributed by atoms with Gasteiger partial charge >= 0.3 is 0 Å². The van der Waals surface area contributed by atoms with Gasteiger partial charge in [-0.1, -0.05) is 37.1 Å². The van der Waals surface area contributed by atoms with Crippen LogP contribution >= 0.6 is 11.3 Å². The van der Waals surface area contributed by atoms with E-state index in [1.807, 2.05) is 6.07 Å². The maximum Gasteiger partial charge on any atom is 0.133 e. The normalized spacial score (nSPS) is 21.5. The minimum atomic E-state index is 0.287. The van der Waals surface area contributed by atoms with Crippen molar-refractivity contribution in [1.29, 1.82) is 0 Å². The molecule has 3 heterocycles. The van der Waals surface area contributed by atoms with Crippen LogP contribution in [-0.4, -0.2) is 66.4 Å². The molecule has 0 bridgehead atoms. The summed E-state index contributed by atoms with van der Waals surface area (Å²) in [6.45, 7) is 6.55. The highest BCUT2D eigenvalue weighted by molar-refractivity contribution is 7.22. The lowest BCUT2D eigenvalue weighted by atomic mass is 9.90. The lowest BCUT2D eigenvalue weighted by Crippen LogP contribution is -2.49. The van der Waals surface area contributed by atoms with Crippen LogP contribution in [0.15, 0.2) is 66.7 Å². The molecule has 232 valence electrons. The third-order valence-electron chi connectivity index (χ3n) is 9.91. The van der Waals surface area contributed by atoms with E-state index in [1.165, 1.54) is 93.5 Å². The molecular weight excluding hydrogens is 564 g/mol. The molecule has 2 unspecified atom stereocenters. The van der Waals surface area contributed by atoms with Gasteiger partial charge in [-0.2, -0.15) is 0 Å². The maximum atomic E-state index is 10.7. The van der Waals surface area contributed by atoms with Crippen molar-refractivity contribution in [2.24, 2.45) is 0 Å². The summed E-state index contributed by atoms with van der Waals surface area (Å²) in [5.74, 6) is 2.24. The fourth-order valence-corrected chi connectivity index (χ4v) is 8.75. The molecule has 0 spiro atoms. The number of phenols is 1. The Labute approximate surface area is 266 Å². The Balaban J connectivity index is 1.06. The summed E-state index contributed by atoms with van der Waals surface area (Å²) < 4.78 is 13.7. The number of phenolic OH excluding ortho intramolecular Hbond substituents is 1. The van der Waals surface area contributed by atoms with E-state index in [0.29, 0.717) is 11.8 Å². The van der Waals surface area contributed by atoms with Gasteiger partial charge in [0.25, 0.3) is 0 Å². The number of aromatic hydroxyl groups is 1. The Morgan fingerprint density at radius 3 is 2.27 bits per heavy atom. The molecule has 44 heavy (non-hydrogen) atoms. The van der Waals surface area contributed by atoms with Crippen molar-refractivity contribution in [3.05, 3.63) is 77.9 Å². The zero-order chi connectivity index (χ0) is 29.7. The molecule has 1 aliphatic carbocycles. The molecule has 3 fully saturated rings. The lowest BCUT2D eigenvalue weighted by molar-refractivity contribution is 0.0261. The Kier molecular flexibility index (Phi) is 9.38. The van der Waals surface area contributed by atoms with Crippen LogP contribution in [0.25, 0.3) is 20.5 Å². The second-order valence-corrected chi connectivity index (χ2v) is 13.9. The first kappa shape index (κ1) is 29.6. The van der Waals surface area contributed by atoms with Crippen molar-refractivity contribution >= 4 is 21.4 Å². The first-order chi connectivity index (χ1) is 21.7. The number of hydrogen-bond acceptors (Lipinski definition) is 6. The third kappa shape index (κ3) is 6.78. The Bertz CT molecular complexity index is 1500. The van der Waals surface area contributed by atoms with Crippen LogP contribution in [0.1, 0.15) is 68.9 Å². The number of nitrogens with zero attached hydrogens (tertiary/aromatic N) is 2. The van der Waals surface area contributed by atoms with Crippen molar-refractivity contribution in [3.8, 4) is 27.7 Å². The number of thiophene rings is 1. The molecule has 1 N–H and O–H groups in total. The molecule has 5 nitrogen and oxygen atoms in total. The molecule has 3 aromatic carbocycles. The molecule has 6 heteroatoms. The molecule has 1 saturated carbocycles. The van der Waals surface area contributed by atoms with Crippen LogP contribution in [0, 0.1) is 0 Å². The van der Waals surface area contributed by atoms with E-state index in [1.54, 1.807) is 17.4 Å². The largest absolute Gasteiger partial charge is 0.506 e. The van der Waals surface area contributed by atoms with Crippen molar-refractivity contribution in [1.82, 2.24) is 9.80 Å². The molecular formula is C38H46N2O3S. The number of hydrogen-bond donors (Lipinski definition) is 1. The van der Waals surface area contributed by atoms with Crippen molar-refractivity contribution in [2.75, 3.05) is 39.3 Å². The SMILES string of the molecule is Oc1cccc2c(Cc3ccc(OC4CCCCC4N4CCCCC4)cc3)c(-c3ccc(OCCN4CCCC4)cc3)sc12. The number of ether oxygens (including phenoxy) is 2. The van der Waals surface area contributed by atoms with E-state index >= 15 is 0 Å². The highest BCUT2D eigenvalue weighted by atomic mass is 32.1. The van der Waals surface area contributed by atoms with Crippen molar-refractivity contribution in [2.45, 2.75) is 76.4 Å². The second-order valence-electron chi connectivity index (χ2n) is 12.9. The number of likely N-dealkylation sites (tertiary alicyclic amines) is 2. The number of rotatable bonds is 10. The molecule has 2 saturated heterocycles. The summed E-state index contributed by atoms with van der Waals surface area (Å²) in [6, 6.07) is 23.7. The Hall–Kier alpha value is -3.06. The average Bonchev–Trinajstić information content (AvgIpc) is 3.72. The molecule has 4 aromatic rings. The van der Waals surface area contributed by atoms with E-state index in [4.69, 9.17) is 9.47 Å². The molecule has 1 aromatic heterocycles. The van der Waals surface area contributed by atoms with Gasteiger partial charge in [0.2, 0.25) is 0 Å². The van der Waals surface area contributed by atoms with Gasteiger partial charge in [-0.3, -0.25) is 9.80 Å². The first-order valence-electron chi connectivity index (χ1n) is 16.9. The average molecular weight is 611 g/mol. The number of benzene rings is 3. The highest BCUT2D eigenvalue weighted by Gasteiger charge is 2.32. The summed E-state index contributed by atoms with van der Waals surface area (Å²) in [7, 11) is 0. The molecule has 0 radical (unpaired) electrons. The van der Waals surface area contributed by atoms with Crippen molar-refractivity contribution in [3.63, 3.8) is 0 Å². The second kappa shape index (κ2) is 13.9. The molecule has 2 aliphatic heterocycles. The van der Waals surface area contributed by atoms with Crippen LogP contribution in [-0.2, 0) is 6.42 Å². The van der Waals surface area contributed by atoms with Gasteiger partial charge < -0.3 is 14.6 Å². The smallest absolute Gasteiger partial charge is 0.133 e. The minimum absolute atomic E-state index is 0.287. The predicted octanol–water partition coefficient (Wildman–Crippen LogP) is 8.52. The van der Waals surface area contributed by atoms with Gasteiger partial charge in [-0.25, -0.2) is 0 Å². The summed E-state index contributed by atoms with van der Waals surface area (Å²) in [6.07, 6.45) is 12.7. The quantitative estimate of drug-likeness (QED) is 0.195. The van der Waals surface area contributed by atoms with Gasteiger partial charge in [0.1, 0.15) is 30.0 Å². The molecule has 3 aliphatic rings. The third-order valence-corrected chi connectivity index (χ3v) is 11.2. The monoisotopic (exact) mass is 610 g/mol. The highest BCUT2D eigenvalue weighted by Crippen LogP contribution is 2.43. The van der Waals surface area contributed by atoms with E-state index in [2.05, 4.69) is 64.4 Å². The van der Waals surface area contributed by atoms with E-state index in [0.717, 1.165) is 53.1 Å². The fraction of sp³-hybridized carbons (Fsp3) is 0.474. The summed E-state index contributed by atoms with van der Waals surface area (Å²) >= 11 is 1.68. The van der Waals surface area contributed by atoms with Crippen LogP contribution in [0.2, 0.25) is 0 Å². The van der Waals surface area contributed by atoms with Gasteiger partial charge in [0.15, 0.2) is 0 Å². The van der Waals surface area contributed by atoms with E-state index < -0.39 is 0 Å². The molecule has 2 atom stereocenters. The maximum absolute atomic E-state index is 10.7. The Morgan fingerprint density at radius 2 is 1.48 bits per heavy atom. The number of fused-ring (bicyclic) bond motifs is 1. The topological polar surface area (TPSA) is 45.2 Å². The predicted molar refractivity (Wildman–Crippen MR) is 181 cm³/mol. The molecule has 0 amide bonds. The summed E-state index contributed by atoms with van der Waals surface area (Å²) in [5.41, 5.74) is 3.67. The van der Waals surface area contributed by atoms with Gasteiger partial charge in [0.05, 0.1) is 4.70 Å².